The van der Waals surface area contributed by atoms with Gasteiger partial charge in [0.05, 0.1) is 31.6 Å². The number of aliphatic hydroxyl groups is 7. The number of nitrogens with zero attached hydrogens (tertiary/aromatic N) is 6. The van der Waals surface area contributed by atoms with Gasteiger partial charge in [0.15, 0.2) is 12.5 Å². The van der Waals surface area contributed by atoms with Gasteiger partial charge in [-0.05, 0) is 36.9 Å². The van der Waals surface area contributed by atoms with Crippen LogP contribution in [-0.4, -0.2) is 156 Å². The third-order valence-electron chi connectivity index (χ3n) is 8.92. The molecule has 2 fully saturated rings. The first-order valence-corrected chi connectivity index (χ1v) is 17.3. The molecular weight excluding hydrogens is 730 g/mol. The minimum absolute atomic E-state index is 0.0397. The van der Waals surface area contributed by atoms with Gasteiger partial charge in [-0.15, -0.1) is 11.5 Å². The molecule has 55 heavy (non-hydrogen) atoms. The molecule has 300 valence electrons. The van der Waals surface area contributed by atoms with E-state index in [-0.39, 0.29) is 37.4 Å². The fourth-order valence-corrected chi connectivity index (χ4v) is 5.89. The number of rotatable bonds is 18. The number of benzene rings is 1. The second kappa shape index (κ2) is 20.8. The number of azide groups is 1. The summed E-state index contributed by atoms with van der Waals surface area (Å²) in [4.78, 5) is 40.8. The van der Waals surface area contributed by atoms with Crippen LogP contribution < -0.4 is 16.0 Å². The van der Waals surface area contributed by atoms with Crippen molar-refractivity contribution in [1.29, 1.82) is 0 Å². The molecule has 1 aromatic heterocycles. The van der Waals surface area contributed by atoms with E-state index in [0.717, 1.165) is 4.68 Å². The van der Waals surface area contributed by atoms with Crippen LogP contribution in [-0.2, 0) is 30.2 Å². The largest absolute Gasteiger partial charge is 0.394 e. The second-order valence-electron chi connectivity index (χ2n) is 12.7. The van der Waals surface area contributed by atoms with Crippen LogP contribution in [0.1, 0.15) is 48.0 Å². The summed E-state index contributed by atoms with van der Waals surface area (Å²) < 4.78 is 17.7. The number of carbonyl (C=O) groups excluding carboxylic acids is 3. The SMILES string of the molecule is C#CCNC(=O)[C@H](CCCCNC(=O)c1ccc(N=[N+]=[N-])cc1)NC(=O)CCc1cn([C@@H]2O[C@H](CO)[C@@H](O[C@@H]3O[C@H](CO)[C@H](O)[C@H](O)[C@H]3O)[C@H](O)[C@H]2O)nn1. The minimum Gasteiger partial charge on any atom is -0.394 e. The van der Waals surface area contributed by atoms with E-state index in [9.17, 15) is 50.1 Å². The van der Waals surface area contributed by atoms with Crippen molar-refractivity contribution < 1.29 is 64.3 Å². The Kier molecular flexibility index (Phi) is 16.2. The van der Waals surface area contributed by atoms with Crippen molar-refractivity contribution in [2.45, 2.75) is 99.5 Å². The van der Waals surface area contributed by atoms with Gasteiger partial charge in [0.2, 0.25) is 11.8 Å². The maximum absolute atomic E-state index is 12.9. The Morgan fingerprint density at radius 3 is 2.38 bits per heavy atom. The van der Waals surface area contributed by atoms with Crippen molar-refractivity contribution in [2.24, 2.45) is 5.11 Å². The summed E-state index contributed by atoms with van der Waals surface area (Å²) in [6.07, 6.45) is -8.26. The highest BCUT2D eigenvalue weighted by Crippen LogP contribution is 2.32. The number of aliphatic hydroxyl groups excluding tert-OH is 7. The van der Waals surface area contributed by atoms with Gasteiger partial charge in [-0.25, -0.2) is 4.68 Å². The molecule has 10 N–H and O–H groups in total. The fourth-order valence-electron chi connectivity index (χ4n) is 5.89. The summed E-state index contributed by atoms with van der Waals surface area (Å²) >= 11 is 0. The topological polar surface area (TPSA) is 336 Å². The molecule has 11 atom stereocenters. The number of terminal acetylenes is 1. The van der Waals surface area contributed by atoms with E-state index in [0.29, 0.717) is 30.6 Å². The number of hydrogen-bond acceptors (Lipinski definition) is 16. The number of aromatic nitrogens is 3. The Morgan fingerprint density at radius 1 is 0.982 bits per heavy atom. The van der Waals surface area contributed by atoms with E-state index in [2.05, 4.69) is 42.2 Å². The summed E-state index contributed by atoms with van der Waals surface area (Å²) in [6.45, 7) is -1.24. The molecule has 0 unspecified atom stereocenters. The van der Waals surface area contributed by atoms with Crippen LogP contribution in [0.2, 0.25) is 0 Å². The number of ether oxygens (including phenoxy) is 3. The smallest absolute Gasteiger partial charge is 0.251 e. The minimum atomic E-state index is -1.81. The number of hydrogen-bond donors (Lipinski definition) is 10. The Hall–Kier alpha value is -4.76. The molecule has 0 aliphatic carbocycles. The van der Waals surface area contributed by atoms with Gasteiger partial charge in [-0.3, -0.25) is 14.4 Å². The van der Waals surface area contributed by atoms with Crippen molar-refractivity contribution in [3.8, 4) is 12.3 Å². The summed E-state index contributed by atoms with van der Waals surface area (Å²) in [5.74, 6) is 0.982. The van der Waals surface area contributed by atoms with Crippen molar-refractivity contribution >= 4 is 23.4 Å². The standard InChI is InChI=1S/C33H45N9O13/c1-2-12-35-31(52)20(5-3-4-13-36-30(51)17-6-8-18(9-7-17)38-40-34)37-23(45)11-10-19-14-42(41-39-19)32-27(49)26(48)29(22(16-44)53-32)55-33-28(50)25(47)24(46)21(15-43)54-33/h1,6-9,14,20-22,24-29,32-33,43-44,46-50H,3-5,10-13,15-16H2,(H,35,52)(H,36,51)(H,37,45)/t20-,21+,22+,24-,25-,26+,27+,28+,29+,32+,33-/m0/s1. The maximum atomic E-state index is 12.9. The quantitative estimate of drug-likeness (QED) is 0.0234. The van der Waals surface area contributed by atoms with Crippen LogP contribution in [0.25, 0.3) is 10.4 Å². The lowest BCUT2D eigenvalue weighted by Crippen LogP contribution is -2.63. The molecule has 4 rings (SSSR count). The summed E-state index contributed by atoms with van der Waals surface area (Å²) in [5.41, 5.74) is 9.53. The molecule has 2 aliphatic heterocycles. The van der Waals surface area contributed by atoms with E-state index in [1.807, 2.05) is 0 Å². The van der Waals surface area contributed by atoms with Crippen LogP contribution in [0.5, 0.6) is 0 Å². The predicted octanol–water partition coefficient (Wildman–Crippen LogP) is -3.22. The molecule has 0 bridgehead atoms. The Bertz CT molecular complexity index is 1660. The van der Waals surface area contributed by atoms with Crippen molar-refractivity contribution in [3.05, 3.63) is 52.2 Å². The average Bonchev–Trinajstić information content (AvgIpc) is 3.66. The molecule has 22 nitrogen and oxygen atoms in total. The molecule has 2 aliphatic rings. The molecule has 0 spiro atoms. The van der Waals surface area contributed by atoms with Crippen molar-refractivity contribution in [2.75, 3.05) is 26.3 Å². The first-order chi connectivity index (χ1) is 26.4. The van der Waals surface area contributed by atoms with E-state index in [1.165, 1.54) is 30.5 Å². The maximum Gasteiger partial charge on any atom is 0.251 e. The molecule has 3 heterocycles. The van der Waals surface area contributed by atoms with Crippen molar-refractivity contribution in [3.63, 3.8) is 0 Å². The van der Waals surface area contributed by atoms with Gasteiger partial charge in [-0.1, -0.05) is 28.4 Å². The lowest BCUT2D eigenvalue weighted by Gasteiger charge is -2.45. The number of carbonyl (C=O) groups is 3. The number of unbranched alkanes of at least 4 members (excludes halogenated alkanes) is 1. The highest BCUT2D eigenvalue weighted by molar-refractivity contribution is 5.94. The number of nitrogens with one attached hydrogen (secondary N) is 3. The van der Waals surface area contributed by atoms with Gasteiger partial charge in [0.1, 0.15) is 54.9 Å². The molecule has 1 aromatic carbocycles. The number of aryl methyl sites for hydroxylation is 1. The van der Waals surface area contributed by atoms with Gasteiger partial charge in [-0.2, -0.15) is 0 Å². The van der Waals surface area contributed by atoms with E-state index < -0.39 is 92.4 Å². The fraction of sp³-hybridized carbons (Fsp3) is 0.606. The second-order valence-corrected chi connectivity index (χ2v) is 12.7. The van der Waals surface area contributed by atoms with Crippen LogP contribution >= 0.6 is 0 Å². The summed E-state index contributed by atoms with van der Waals surface area (Å²) in [5, 5.41) is 91.1. The Balaban J connectivity index is 1.27. The molecule has 0 saturated carbocycles. The van der Waals surface area contributed by atoms with Crippen LogP contribution in [0.15, 0.2) is 35.6 Å². The molecule has 2 aromatic rings. The highest BCUT2D eigenvalue weighted by Gasteiger charge is 2.51. The third kappa shape index (κ3) is 11.4. The van der Waals surface area contributed by atoms with Gasteiger partial charge in [0.25, 0.3) is 5.91 Å². The van der Waals surface area contributed by atoms with Gasteiger partial charge >= 0.3 is 0 Å². The average molecular weight is 776 g/mol. The molecular formula is C33H45N9O13. The van der Waals surface area contributed by atoms with E-state index >= 15 is 0 Å². The molecule has 3 amide bonds. The molecule has 2 saturated heterocycles. The molecule has 22 heteroatoms. The Morgan fingerprint density at radius 2 is 1.71 bits per heavy atom. The first-order valence-electron chi connectivity index (χ1n) is 17.3. The van der Waals surface area contributed by atoms with Gasteiger partial charge < -0.3 is 65.9 Å². The van der Waals surface area contributed by atoms with E-state index in [4.69, 9.17) is 26.2 Å². The zero-order valence-electron chi connectivity index (χ0n) is 29.4. The normalized spacial score (nSPS) is 28.3. The third-order valence-corrected chi connectivity index (χ3v) is 8.92. The van der Waals surface area contributed by atoms with Crippen molar-refractivity contribution in [1.82, 2.24) is 30.9 Å². The van der Waals surface area contributed by atoms with Crippen LogP contribution in [0, 0.1) is 12.3 Å². The molecule has 0 radical (unpaired) electrons. The lowest BCUT2D eigenvalue weighted by atomic mass is 9.96. The summed E-state index contributed by atoms with van der Waals surface area (Å²) in [7, 11) is 0. The highest BCUT2D eigenvalue weighted by atomic mass is 16.7. The Labute approximate surface area is 314 Å². The van der Waals surface area contributed by atoms with Crippen LogP contribution in [0.4, 0.5) is 5.69 Å². The lowest BCUT2D eigenvalue weighted by molar-refractivity contribution is -0.347. The first kappa shape index (κ1) is 43.0. The number of amides is 3. The summed E-state index contributed by atoms with van der Waals surface area (Å²) in [6, 6.07) is 5.14. The zero-order chi connectivity index (χ0) is 40.1. The predicted molar refractivity (Wildman–Crippen MR) is 185 cm³/mol. The zero-order valence-corrected chi connectivity index (χ0v) is 29.4. The van der Waals surface area contributed by atoms with Crippen LogP contribution in [0.3, 0.4) is 0 Å². The monoisotopic (exact) mass is 775 g/mol. The van der Waals surface area contributed by atoms with E-state index in [1.54, 1.807) is 0 Å². The van der Waals surface area contributed by atoms with Gasteiger partial charge in [0, 0.05) is 35.5 Å².